The lowest BCUT2D eigenvalue weighted by Gasteiger charge is -2.29. The number of anilines is 1. The Hall–Kier alpha value is -1.09. The predicted molar refractivity (Wildman–Crippen MR) is 63.2 cm³/mol. The predicted octanol–water partition coefficient (Wildman–Crippen LogP) is 3.11. The molecule has 0 bridgehead atoms. The van der Waals surface area contributed by atoms with Crippen LogP contribution in [0.3, 0.4) is 0 Å². The van der Waals surface area contributed by atoms with Gasteiger partial charge < -0.3 is 10.1 Å². The van der Waals surface area contributed by atoms with Crippen LogP contribution in [-0.4, -0.2) is 18.8 Å². The van der Waals surface area contributed by atoms with Crippen LogP contribution in [0.4, 0.5) is 10.1 Å². The molecule has 1 aromatic carbocycles. The van der Waals surface area contributed by atoms with E-state index in [1.807, 2.05) is 6.07 Å². The highest BCUT2D eigenvalue weighted by molar-refractivity contribution is 5.51. The third kappa shape index (κ3) is 2.53. The summed E-state index contributed by atoms with van der Waals surface area (Å²) in [7, 11) is 0. The highest BCUT2D eigenvalue weighted by Crippen LogP contribution is 2.22. The summed E-state index contributed by atoms with van der Waals surface area (Å²) in [5.41, 5.74) is 1.60. The molecule has 1 N–H and O–H groups in total. The van der Waals surface area contributed by atoms with E-state index in [9.17, 15) is 4.39 Å². The van der Waals surface area contributed by atoms with Crippen molar-refractivity contribution in [1.82, 2.24) is 0 Å². The smallest absolute Gasteiger partial charge is 0.128 e. The summed E-state index contributed by atoms with van der Waals surface area (Å²) in [5, 5.41) is 3.40. The molecular weight excluding hydrogens is 205 g/mol. The number of hydrogen-bond donors (Lipinski definition) is 1. The van der Waals surface area contributed by atoms with E-state index in [0.29, 0.717) is 17.7 Å². The second kappa shape index (κ2) is 4.83. The first-order chi connectivity index (χ1) is 7.66. The Labute approximate surface area is 95.8 Å². The summed E-state index contributed by atoms with van der Waals surface area (Å²) in [5.74, 6) is -0.148. The van der Waals surface area contributed by atoms with Crippen molar-refractivity contribution in [3.8, 4) is 0 Å². The fraction of sp³-hybridized carbons (Fsp3) is 0.538. The second-order valence-electron chi connectivity index (χ2n) is 4.46. The van der Waals surface area contributed by atoms with E-state index in [0.717, 1.165) is 25.1 Å². The number of ether oxygens (including phenoxy) is 1. The van der Waals surface area contributed by atoms with E-state index in [1.54, 1.807) is 13.0 Å². The zero-order valence-electron chi connectivity index (χ0n) is 9.79. The molecular formula is C13H18FNO. The van der Waals surface area contributed by atoms with Crippen LogP contribution in [0.1, 0.15) is 25.3 Å². The Bertz CT molecular complexity index is 367. The Kier molecular flexibility index (Phi) is 3.44. The average Bonchev–Trinajstić information content (AvgIpc) is 2.25. The molecule has 0 amide bonds. The molecule has 2 unspecified atom stereocenters. The lowest BCUT2D eigenvalue weighted by molar-refractivity contribution is 0.0232. The van der Waals surface area contributed by atoms with Crippen LogP contribution in [0.5, 0.6) is 0 Å². The molecule has 1 fully saturated rings. The Morgan fingerprint density at radius 3 is 3.00 bits per heavy atom. The maximum Gasteiger partial charge on any atom is 0.128 e. The number of hydrogen-bond acceptors (Lipinski definition) is 2. The zero-order valence-corrected chi connectivity index (χ0v) is 9.79. The lowest BCUT2D eigenvalue weighted by Crippen LogP contribution is -2.32. The molecule has 2 atom stereocenters. The van der Waals surface area contributed by atoms with Crippen molar-refractivity contribution in [3.05, 3.63) is 29.6 Å². The molecule has 1 aromatic rings. The third-order valence-electron chi connectivity index (χ3n) is 3.11. The first kappa shape index (κ1) is 11.4. The molecule has 16 heavy (non-hydrogen) atoms. The van der Waals surface area contributed by atoms with Gasteiger partial charge in [0.2, 0.25) is 0 Å². The van der Waals surface area contributed by atoms with Gasteiger partial charge in [-0.2, -0.15) is 0 Å². The van der Waals surface area contributed by atoms with Crippen LogP contribution in [0.25, 0.3) is 0 Å². The highest BCUT2D eigenvalue weighted by atomic mass is 19.1. The third-order valence-corrected chi connectivity index (χ3v) is 3.11. The summed E-state index contributed by atoms with van der Waals surface area (Å²) in [6.45, 7) is 4.67. The summed E-state index contributed by atoms with van der Waals surface area (Å²) < 4.78 is 18.8. The quantitative estimate of drug-likeness (QED) is 0.831. The first-order valence-corrected chi connectivity index (χ1v) is 5.80. The van der Waals surface area contributed by atoms with Gasteiger partial charge in [0, 0.05) is 23.9 Å². The molecule has 1 heterocycles. The fourth-order valence-electron chi connectivity index (χ4n) is 2.11. The average molecular weight is 223 g/mol. The topological polar surface area (TPSA) is 21.3 Å². The largest absolute Gasteiger partial charge is 0.382 e. The van der Waals surface area contributed by atoms with Crippen molar-refractivity contribution in [2.75, 3.05) is 11.9 Å². The number of nitrogens with one attached hydrogen (secondary N) is 1. The van der Waals surface area contributed by atoms with E-state index in [-0.39, 0.29) is 5.82 Å². The molecule has 1 saturated heterocycles. The van der Waals surface area contributed by atoms with Gasteiger partial charge in [0.15, 0.2) is 0 Å². The van der Waals surface area contributed by atoms with Gasteiger partial charge in [-0.15, -0.1) is 0 Å². The van der Waals surface area contributed by atoms with Gasteiger partial charge >= 0.3 is 0 Å². The SMILES string of the molecule is Cc1c(F)cccc1NC1CCOC(C)C1. The van der Waals surface area contributed by atoms with Crippen LogP contribution in [-0.2, 0) is 4.74 Å². The molecule has 1 aliphatic heterocycles. The molecule has 2 rings (SSSR count). The fourth-order valence-corrected chi connectivity index (χ4v) is 2.11. The van der Waals surface area contributed by atoms with Crippen LogP contribution >= 0.6 is 0 Å². The van der Waals surface area contributed by atoms with Crippen molar-refractivity contribution < 1.29 is 9.13 Å². The van der Waals surface area contributed by atoms with Gasteiger partial charge in [-0.25, -0.2) is 4.39 Å². The van der Waals surface area contributed by atoms with Gasteiger partial charge in [-0.05, 0) is 38.8 Å². The summed E-state index contributed by atoms with van der Waals surface area (Å²) in [4.78, 5) is 0. The maximum atomic E-state index is 13.3. The monoisotopic (exact) mass is 223 g/mol. The van der Waals surface area contributed by atoms with Crippen LogP contribution < -0.4 is 5.32 Å². The lowest BCUT2D eigenvalue weighted by atomic mass is 10.0. The maximum absolute atomic E-state index is 13.3. The summed E-state index contributed by atoms with van der Waals surface area (Å²) >= 11 is 0. The Balaban J connectivity index is 2.05. The van der Waals surface area contributed by atoms with E-state index in [4.69, 9.17) is 4.74 Å². The molecule has 3 heteroatoms. The van der Waals surface area contributed by atoms with Crippen LogP contribution in [0.2, 0.25) is 0 Å². The normalized spacial score (nSPS) is 25.4. The first-order valence-electron chi connectivity index (χ1n) is 5.80. The van der Waals surface area contributed by atoms with Crippen LogP contribution in [0.15, 0.2) is 18.2 Å². The van der Waals surface area contributed by atoms with Crippen molar-refractivity contribution >= 4 is 5.69 Å². The zero-order chi connectivity index (χ0) is 11.5. The number of rotatable bonds is 2. The molecule has 0 saturated carbocycles. The van der Waals surface area contributed by atoms with Crippen molar-refractivity contribution in [2.45, 2.75) is 38.8 Å². The highest BCUT2D eigenvalue weighted by Gasteiger charge is 2.19. The molecule has 0 aromatic heterocycles. The minimum absolute atomic E-state index is 0.148. The van der Waals surface area contributed by atoms with Gasteiger partial charge in [-0.3, -0.25) is 0 Å². The van der Waals surface area contributed by atoms with Gasteiger partial charge in [0.25, 0.3) is 0 Å². The molecule has 0 spiro atoms. The van der Waals surface area contributed by atoms with E-state index in [1.165, 1.54) is 6.07 Å². The van der Waals surface area contributed by atoms with Crippen molar-refractivity contribution in [3.63, 3.8) is 0 Å². The Morgan fingerprint density at radius 1 is 1.44 bits per heavy atom. The van der Waals surface area contributed by atoms with Gasteiger partial charge in [-0.1, -0.05) is 6.07 Å². The summed E-state index contributed by atoms with van der Waals surface area (Å²) in [6.07, 6.45) is 2.26. The molecule has 0 radical (unpaired) electrons. The standard InChI is InChI=1S/C13H18FNO/c1-9-8-11(6-7-16-9)15-13-5-3-4-12(14)10(13)2/h3-5,9,11,15H,6-8H2,1-2H3. The van der Waals surface area contributed by atoms with Crippen molar-refractivity contribution in [1.29, 1.82) is 0 Å². The molecule has 0 aliphatic carbocycles. The van der Waals surface area contributed by atoms with Crippen molar-refractivity contribution in [2.24, 2.45) is 0 Å². The molecule has 1 aliphatic rings. The Morgan fingerprint density at radius 2 is 2.25 bits per heavy atom. The van der Waals surface area contributed by atoms with Gasteiger partial charge in [0.1, 0.15) is 5.82 Å². The number of halogens is 1. The number of benzene rings is 1. The van der Waals surface area contributed by atoms with E-state index in [2.05, 4.69) is 12.2 Å². The second-order valence-corrected chi connectivity index (χ2v) is 4.46. The summed E-state index contributed by atoms with van der Waals surface area (Å²) in [6, 6.07) is 5.56. The molecule has 2 nitrogen and oxygen atoms in total. The van der Waals surface area contributed by atoms with Crippen LogP contribution in [0, 0.1) is 12.7 Å². The van der Waals surface area contributed by atoms with E-state index >= 15 is 0 Å². The minimum Gasteiger partial charge on any atom is -0.382 e. The minimum atomic E-state index is -0.148. The van der Waals surface area contributed by atoms with Gasteiger partial charge in [0.05, 0.1) is 6.10 Å². The molecule has 88 valence electrons. The van der Waals surface area contributed by atoms with E-state index < -0.39 is 0 Å².